The molecule has 3 nitrogen and oxygen atoms in total. The molecule has 0 atom stereocenters. The second kappa shape index (κ2) is 11.5. The van der Waals surface area contributed by atoms with Gasteiger partial charge < -0.3 is 14.3 Å². The molecule has 0 amide bonds. The Bertz CT molecular complexity index is 3140. The van der Waals surface area contributed by atoms with Crippen LogP contribution in [0.4, 0.5) is 11.4 Å². The summed E-state index contributed by atoms with van der Waals surface area (Å²) in [7, 11) is 2.41. The van der Waals surface area contributed by atoms with Crippen LogP contribution >= 0.6 is 0 Å². The summed E-state index contributed by atoms with van der Waals surface area (Å²) in [6.45, 7) is 6.88. The molecule has 11 rings (SSSR count). The van der Waals surface area contributed by atoms with Crippen molar-refractivity contribution in [3.63, 3.8) is 0 Å². The fourth-order valence-electron chi connectivity index (χ4n) is 8.69. The van der Waals surface area contributed by atoms with Gasteiger partial charge in [0.25, 0.3) is 0 Å². The number of nitrogens with zero attached hydrogens (tertiary/aromatic N) is 1. The Balaban J connectivity index is 1.23. The molecular weight excluding hydrogens is 655 g/mol. The van der Waals surface area contributed by atoms with Crippen LogP contribution in [0.2, 0.25) is 0 Å². The minimum Gasteiger partial charge on any atom is -0.454 e. The second-order valence-electron chi connectivity index (χ2n) is 15.6. The van der Waals surface area contributed by atoms with Crippen LogP contribution in [0.15, 0.2) is 162 Å². The monoisotopic (exact) mass is 691 g/mol. The van der Waals surface area contributed by atoms with E-state index in [1.165, 1.54) is 71.4 Å². The lowest BCUT2D eigenvalue weighted by molar-refractivity contribution is 0.590. The smallest absolute Gasteiger partial charge is 0.197 e. The zero-order chi connectivity index (χ0) is 36.1. The van der Waals surface area contributed by atoms with E-state index in [1.54, 1.807) is 0 Å². The van der Waals surface area contributed by atoms with Crippen molar-refractivity contribution in [3.05, 3.63) is 163 Å². The van der Waals surface area contributed by atoms with Crippen LogP contribution < -0.4 is 16.2 Å². The lowest BCUT2D eigenvalue weighted by Gasteiger charge is -2.27. The van der Waals surface area contributed by atoms with Crippen LogP contribution in [-0.4, -0.2) is 11.8 Å². The molecule has 0 spiro atoms. The molecule has 1 aliphatic rings. The number of furan rings is 1. The van der Waals surface area contributed by atoms with Crippen molar-refractivity contribution < 1.29 is 4.42 Å². The predicted molar refractivity (Wildman–Crippen MR) is 230 cm³/mol. The maximum absolute atomic E-state index is 6.51. The van der Waals surface area contributed by atoms with Gasteiger partial charge in [0.05, 0.1) is 11.2 Å². The van der Waals surface area contributed by atoms with Gasteiger partial charge in [-0.05, 0) is 74.9 Å². The van der Waals surface area contributed by atoms with Crippen molar-refractivity contribution in [2.75, 3.05) is 5.32 Å². The van der Waals surface area contributed by atoms with E-state index in [2.05, 4.69) is 184 Å². The molecule has 0 aliphatic carbocycles. The topological polar surface area (TPSA) is 30.1 Å². The largest absolute Gasteiger partial charge is 0.454 e. The van der Waals surface area contributed by atoms with E-state index in [0.717, 1.165) is 38.9 Å². The van der Waals surface area contributed by atoms with Crippen LogP contribution in [-0.2, 0) is 5.41 Å². The van der Waals surface area contributed by atoms with Gasteiger partial charge in [-0.15, -0.1) is 0 Å². The highest BCUT2D eigenvalue weighted by Crippen LogP contribution is 2.43. The van der Waals surface area contributed by atoms with Crippen molar-refractivity contribution in [1.29, 1.82) is 0 Å². The molecule has 0 saturated heterocycles. The predicted octanol–water partition coefficient (Wildman–Crippen LogP) is 12.2. The molecule has 1 N–H and O–H groups in total. The van der Waals surface area contributed by atoms with Crippen LogP contribution in [0, 0.1) is 0 Å². The van der Waals surface area contributed by atoms with E-state index in [9.17, 15) is 0 Å². The Kier molecular flexibility index (Phi) is 6.61. The molecule has 4 heteroatoms. The van der Waals surface area contributed by atoms with E-state index in [1.807, 2.05) is 12.1 Å². The van der Waals surface area contributed by atoms with Gasteiger partial charge in [-0.2, -0.15) is 0 Å². The molecule has 1 aliphatic heterocycles. The molecule has 0 bridgehead atoms. The number of anilines is 2. The first-order valence-electron chi connectivity index (χ1n) is 18.8. The Hall–Kier alpha value is -6.52. The molecule has 2 aromatic heterocycles. The number of hydrogen-bond acceptors (Lipinski definition) is 2. The lowest BCUT2D eigenvalue weighted by atomic mass is 9.58. The van der Waals surface area contributed by atoms with Gasteiger partial charge >= 0.3 is 0 Å². The highest BCUT2D eigenvalue weighted by molar-refractivity contribution is 6.73. The molecule has 0 fully saturated rings. The van der Waals surface area contributed by atoms with Crippen molar-refractivity contribution in [3.8, 4) is 27.9 Å². The van der Waals surface area contributed by atoms with E-state index >= 15 is 0 Å². The molecule has 0 saturated carbocycles. The minimum atomic E-state index is -0.0544. The first-order valence-corrected chi connectivity index (χ1v) is 18.8. The number of nitrogens with one attached hydrogen (secondary N) is 1. The Morgan fingerprint density at radius 3 is 2.15 bits per heavy atom. The third-order valence-electron chi connectivity index (χ3n) is 11.4. The standard InChI is InChI=1S/C50H36BN2O/c1-50(2,3)33-24-26-42(52-43-21-12-19-38-35-17-9-10-22-45(35)54-49(38)43)39(29-33)40-27-32(30-13-5-4-6-14-30)28-44-46(40)51-41-20-11-18-36-37-25-23-31-15-7-8-16-34(31)47(37)53(44)48(36)41/h4-29,52H,1-3H3. The molecule has 0 unspecified atom stereocenters. The Labute approximate surface area is 314 Å². The van der Waals surface area contributed by atoms with Gasteiger partial charge in [-0.25, -0.2) is 0 Å². The molecule has 1 radical (unpaired) electrons. The normalized spacial score (nSPS) is 12.5. The first-order chi connectivity index (χ1) is 26.4. The molecule has 255 valence electrons. The van der Waals surface area contributed by atoms with Crippen molar-refractivity contribution >= 4 is 84.1 Å². The van der Waals surface area contributed by atoms with Crippen LogP contribution in [0.3, 0.4) is 0 Å². The van der Waals surface area contributed by atoms with Crippen LogP contribution in [0.1, 0.15) is 26.3 Å². The average molecular weight is 692 g/mol. The average Bonchev–Trinajstić information content (AvgIpc) is 3.76. The molecular formula is C50H36BN2O. The van der Waals surface area contributed by atoms with Crippen molar-refractivity contribution in [2.24, 2.45) is 0 Å². The minimum absolute atomic E-state index is 0.0544. The quantitative estimate of drug-likeness (QED) is 0.186. The van der Waals surface area contributed by atoms with E-state index in [0.29, 0.717) is 0 Å². The molecule has 8 aromatic carbocycles. The number of para-hydroxylation sites is 3. The van der Waals surface area contributed by atoms with Gasteiger partial charge in [0.1, 0.15) is 5.58 Å². The van der Waals surface area contributed by atoms with Gasteiger partial charge in [0.2, 0.25) is 0 Å². The third-order valence-corrected chi connectivity index (χ3v) is 11.4. The summed E-state index contributed by atoms with van der Waals surface area (Å²) in [5.41, 5.74) is 15.8. The zero-order valence-electron chi connectivity index (χ0n) is 30.4. The fourth-order valence-corrected chi connectivity index (χ4v) is 8.69. The maximum atomic E-state index is 6.51. The summed E-state index contributed by atoms with van der Waals surface area (Å²) in [4.78, 5) is 0. The molecule has 3 heterocycles. The first kappa shape index (κ1) is 31.1. The highest BCUT2D eigenvalue weighted by atomic mass is 16.3. The molecule has 54 heavy (non-hydrogen) atoms. The van der Waals surface area contributed by atoms with Gasteiger partial charge in [0, 0.05) is 49.4 Å². The van der Waals surface area contributed by atoms with E-state index < -0.39 is 0 Å². The number of hydrogen-bond donors (Lipinski definition) is 1. The molecule has 10 aromatic rings. The summed E-state index contributed by atoms with van der Waals surface area (Å²) in [5, 5.41) is 11.2. The summed E-state index contributed by atoms with van der Waals surface area (Å²) in [5.74, 6) is 0. The second-order valence-corrected chi connectivity index (χ2v) is 15.6. The van der Waals surface area contributed by atoms with E-state index in [4.69, 9.17) is 4.42 Å². The third kappa shape index (κ3) is 4.63. The summed E-state index contributed by atoms with van der Waals surface area (Å²) in [6, 6.07) is 57.3. The maximum Gasteiger partial charge on any atom is 0.197 e. The summed E-state index contributed by atoms with van der Waals surface area (Å²) >= 11 is 0. The Morgan fingerprint density at radius 1 is 0.537 bits per heavy atom. The van der Waals surface area contributed by atoms with Crippen LogP contribution in [0.5, 0.6) is 0 Å². The number of rotatable bonds is 4. The lowest BCUT2D eigenvalue weighted by Crippen LogP contribution is -2.37. The van der Waals surface area contributed by atoms with Crippen molar-refractivity contribution in [1.82, 2.24) is 4.57 Å². The van der Waals surface area contributed by atoms with Crippen molar-refractivity contribution in [2.45, 2.75) is 26.2 Å². The fraction of sp³-hybridized carbons (Fsp3) is 0.0800. The number of fused-ring (bicyclic) bond motifs is 10. The zero-order valence-corrected chi connectivity index (χ0v) is 30.4. The number of benzene rings is 8. The Morgan fingerprint density at radius 2 is 1.28 bits per heavy atom. The van der Waals surface area contributed by atoms with Crippen LogP contribution in [0.25, 0.3) is 82.5 Å². The van der Waals surface area contributed by atoms with Gasteiger partial charge in [-0.3, -0.25) is 0 Å². The van der Waals surface area contributed by atoms with E-state index in [-0.39, 0.29) is 5.41 Å². The summed E-state index contributed by atoms with van der Waals surface area (Å²) < 4.78 is 9.06. The highest BCUT2D eigenvalue weighted by Gasteiger charge is 2.28. The van der Waals surface area contributed by atoms with Gasteiger partial charge in [0.15, 0.2) is 12.9 Å². The summed E-state index contributed by atoms with van der Waals surface area (Å²) in [6.07, 6.45) is 0. The SMILES string of the molecule is CC(C)(C)c1ccc(Nc2cccc3c2oc2ccccc23)c(-c2cc(-c3ccccc3)cc3c2[B]c2cccc4c5ccc6ccccc6c5n-3c24)c1. The van der Waals surface area contributed by atoms with Gasteiger partial charge in [-0.1, -0.05) is 148 Å². The number of aromatic nitrogens is 1.